The molecule has 4 atom stereocenters. The van der Waals surface area contributed by atoms with Crippen molar-refractivity contribution in [1.82, 2.24) is 4.90 Å². The first-order valence-corrected chi connectivity index (χ1v) is 12.1. The van der Waals surface area contributed by atoms with E-state index in [2.05, 4.69) is 26.8 Å². The fourth-order valence-corrected chi connectivity index (χ4v) is 5.93. The maximum atomic E-state index is 13.0. The number of imide groups is 1. The molecule has 2 saturated heterocycles. The van der Waals surface area contributed by atoms with E-state index in [1.54, 1.807) is 19.2 Å². The highest BCUT2D eigenvalue weighted by Gasteiger charge is 2.56. The Morgan fingerprint density at radius 3 is 2.70 bits per heavy atom. The third-order valence-electron chi connectivity index (χ3n) is 7.58. The van der Waals surface area contributed by atoms with E-state index in [1.807, 2.05) is 12.1 Å². The summed E-state index contributed by atoms with van der Waals surface area (Å²) in [4.78, 5) is 27.0. The normalized spacial score (nSPS) is 28.0. The third-order valence-corrected chi connectivity index (χ3v) is 7.58. The molecule has 4 rings (SSSR count). The van der Waals surface area contributed by atoms with Gasteiger partial charge in [0.15, 0.2) is 0 Å². The summed E-state index contributed by atoms with van der Waals surface area (Å²) in [5.41, 5.74) is 4.54. The van der Waals surface area contributed by atoms with Gasteiger partial charge in [-0.1, -0.05) is 50.1 Å². The number of carbonyl (C=O) groups is 2. The minimum atomic E-state index is -0.940. The molecule has 0 radical (unpaired) electrons. The van der Waals surface area contributed by atoms with Crippen molar-refractivity contribution in [3.8, 4) is 5.75 Å². The summed E-state index contributed by atoms with van der Waals surface area (Å²) in [7, 11) is 0.634. The second-order valence-corrected chi connectivity index (χ2v) is 9.92. The number of rotatable bonds is 6. The number of phenols is 1. The number of likely N-dealkylation sites (tertiary alicyclic amines) is 1. The van der Waals surface area contributed by atoms with Crippen LogP contribution in [-0.2, 0) is 14.2 Å². The molecule has 1 aliphatic carbocycles. The lowest BCUT2D eigenvalue weighted by Gasteiger charge is -2.44. The average molecular weight is 451 g/mol. The molecule has 0 bridgehead atoms. The highest BCUT2D eigenvalue weighted by Crippen LogP contribution is 2.51. The van der Waals surface area contributed by atoms with Crippen molar-refractivity contribution in [1.29, 1.82) is 0 Å². The predicted molar refractivity (Wildman–Crippen MR) is 128 cm³/mol. The molecule has 1 aromatic rings. The number of amides is 2. The second-order valence-electron chi connectivity index (χ2n) is 9.92. The van der Waals surface area contributed by atoms with Gasteiger partial charge in [0.2, 0.25) is 11.8 Å². The van der Waals surface area contributed by atoms with Gasteiger partial charge >= 0.3 is 7.12 Å². The van der Waals surface area contributed by atoms with E-state index in [4.69, 9.17) is 4.65 Å². The van der Waals surface area contributed by atoms with Gasteiger partial charge in [0.05, 0.1) is 17.9 Å². The first-order valence-electron chi connectivity index (χ1n) is 12.1. The maximum absolute atomic E-state index is 13.0. The first-order chi connectivity index (χ1) is 15.7. The number of hydrogen-bond donors (Lipinski definition) is 2. The largest absolute Gasteiger partial charge is 0.508 e. The van der Waals surface area contributed by atoms with Crippen LogP contribution in [0.1, 0.15) is 52.0 Å². The van der Waals surface area contributed by atoms with Crippen molar-refractivity contribution in [2.45, 2.75) is 58.9 Å². The van der Waals surface area contributed by atoms with Crippen molar-refractivity contribution in [2.24, 2.45) is 23.7 Å². The van der Waals surface area contributed by atoms with Gasteiger partial charge in [-0.05, 0) is 67.1 Å². The molecule has 176 valence electrons. The summed E-state index contributed by atoms with van der Waals surface area (Å²) in [5, 5.41) is 20.3. The number of benzene rings is 1. The summed E-state index contributed by atoms with van der Waals surface area (Å²) in [6.07, 6.45) is 5.13. The van der Waals surface area contributed by atoms with Gasteiger partial charge in [-0.15, -0.1) is 0 Å². The Morgan fingerprint density at radius 2 is 2.03 bits per heavy atom. The zero-order valence-corrected chi connectivity index (χ0v) is 20.0. The van der Waals surface area contributed by atoms with Crippen LogP contribution in [0.3, 0.4) is 0 Å². The molecule has 0 aromatic heterocycles. The molecule has 2 amide bonds. The topological polar surface area (TPSA) is 87.1 Å². The second kappa shape index (κ2) is 9.47. The van der Waals surface area contributed by atoms with E-state index < -0.39 is 13.0 Å². The SMILES string of the molecule is CC/C(=C\c1cccc(O)c1)CC[C@H]1OB(O)C[C@H]2C1=C(C(C)C)C[C@H]1C(=O)N(C)C(=O)[C@H]12. The van der Waals surface area contributed by atoms with Crippen molar-refractivity contribution >= 4 is 25.0 Å². The van der Waals surface area contributed by atoms with Crippen molar-refractivity contribution < 1.29 is 24.4 Å². The van der Waals surface area contributed by atoms with E-state index in [0.717, 1.165) is 24.0 Å². The number of carbonyl (C=O) groups excluding carboxylic acids is 2. The summed E-state index contributed by atoms with van der Waals surface area (Å²) < 4.78 is 6.06. The number of phenolic OH excluding ortho intramolecular Hbond substituents is 1. The van der Waals surface area contributed by atoms with Crippen LogP contribution < -0.4 is 0 Å². The van der Waals surface area contributed by atoms with Crippen LogP contribution in [0.15, 0.2) is 41.0 Å². The lowest BCUT2D eigenvalue weighted by molar-refractivity contribution is -0.138. The summed E-state index contributed by atoms with van der Waals surface area (Å²) >= 11 is 0. The fraction of sp³-hybridized carbons (Fsp3) is 0.538. The molecule has 2 heterocycles. The van der Waals surface area contributed by atoms with Crippen molar-refractivity contribution in [2.75, 3.05) is 7.05 Å². The van der Waals surface area contributed by atoms with Crippen LogP contribution in [0.2, 0.25) is 6.32 Å². The minimum Gasteiger partial charge on any atom is -0.508 e. The van der Waals surface area contributed by atoms with Gasteiger partial charge in [0.1, 0.15) is 5.75 Å². The number of nitrogens with zero attached hydrogens (tertiary/aromatic N) is 1. The van der Waals surface area contributed by atoms with Gasteiger partial charge in [0, 0.05) is 7.05 Å². The van der Waals surface area contributed by atoms with Gasteiger partial charge in [-0.2, -0.15) is 0 Å². The van der Waals surface area contributed by atoms with E-state index in [-0.39, 0.29) is 41.4 Å². The van der Waals surface area contributed by atoms with E-state index >= 15 is 0 Å². The lowest BCUT2D eigenvalue weighted by atomic mass is 9.57. The Morgan fingerprint density at radius 1 is 1.27 bits per heavy atom. The summed E-state index contributed by atoms with van der Waals surface area (Å²) in [6.45, 7) is 6.37. The molecule has 0 unspecified atom stereocenters. The average Bonchev–Trinajstić information content (AvgIpc) is 2.99. The molecule has 3 aliphatic rings. The molecule has 1 aromatic carbocycles. The highest BCUT2D eigenvalue weighted by molar-refractivity contribution is 6.43. The van der Waals surface area contributed by atoms with Gasteiger partial charge in [0.25, 0.3) is 0 Å². The molecule has 2 N–H and O–H groups in total. The monoisotopic (exact) mass is 451 g/mol. The maximum Gasteiger partial charge on any atom is 0.455 e. The van der Waals surface area contributed by atoms with Crippen LogP contribution >= 0.6 is 0 Å². The Bertz CT molecular complexity index is 1000. The standard InChI is InChI=1S/C26H34BNO5/c1-5-16(11-17-7-6-8-18(29)12-17)9-10-22-23-19(15(2)3)13-20-24(21(23)14-27(32)33-22)26(31)28(4)25(20)30/h6-8,11-12,15,20-22,24,29,32H,5,9-10,13-14H2,1-4H3/b16-11+/t20-,21+,22-,24-/m1/s1. The minimum absolute atomic E-state index is 0.0953. The van der Waals surface area contributed by atoms with Gasteiger partial charge in [-0.25, -0.2) is 0 Å². The first kappa shape index (κ1) is 23.8. The Balaban J connectivity index is 1.63. The zero-order chi connectivity index (χ0) is 23.9. The number of fused-ring (bicyclic) bond motifs is 3. The fourth-order valence-electron chi connectivity index (χ4n) is 5.93. The van der Waals surface area contributed by atoms with E-state index in [0.29, 0.717) is 19.2 Å². The molecular weight excluding hydrogens is 417 g/mol. The lowest BCUT2D eigenvalue weighted by Crippen LogP contribution is -2.46. The molecule has 2 aliphatic heterocycles. The molecule has 6 nitrogen and oxygen atoms in total. The van der Waals surface area contributed by atoms with Crippen LogP contribution in [0.25, 0.3) is 6.08 Å². The smallest absolute Gasteiger partial charge is 0.455 e. The van der Waals surface area contributed by atoms with Crippen LogP contribution in [0.5, 0.6) is 5.75 Å². The molecule has 2 fully saturated rings. The zero-order valence-electron chi connectivity index (χ0n) is 20.0. The molecule has 7 heteroatoms. The highest BCUT2D eigenvalue weighted by atomic mass is 16.5. The predicted octanol–water partition coefficient (Wildman–Crippen LogP) is 4.05. The Hall–Kier alpha value is -2.38. The van der Waals surface area contributed by atoms with Crippen LogP contribution in [0, 0.1) is 23.7 Å². The van der Waals surface area contributed by atoms with Gasteiger partial charge in [-0.3, -0.25) is 14.5 Å². The Labute approximate surface area is 196 Å². The summed E-state index contributed by atoms with van der Waals surface area (Å²) in [5.74, 6) is -0.609. The Kier molecular flexibility index (Phi) is 6.82. The molecule has 33 heavy (non-hydrogen) atoms. The quantitative estimate of drug-likeness (QED) is 0.387. The van der Waals surface area contributed by atoms with E-state index in [9.17, 15) is 19.7 Å². The molecule has 0 saturated carbocycles. The van der Waals surface area contributed by atoms with Gasteiger partial charge < -0.3 is 14.8 Å². The van der Waals surface area contributed by atoms with Crippen LogP contribution in [0.4, 0.5) is 0 Å². The van der Waals surface area contributed by atoms with Crippen molar-refractivity contribution in [3.05, 3.63) is 46.5 Å². The third kappa shape index (κ3) is 4.53. The summed E-state index contributed by atoms with van der Waals surface area (Å²) in [6, 6.07) is 7.19. The van der Waals surface area contributed by atoms with Crippen LogP contribution in [-0.4, -0.2) is 47.1 Å². The number of aromatic hydroxyl groups is 1. The molecule has 0 spiro atoms. The number of hydrogen-bond acceptors (Lipinski definition) is 5. The van der Waals surface area contributed by atoms with E-state index in [1.165, 1.54) is 16.0 Å². The van der Waals surface area contributed by atoms with Crippen molar-refractivity contribution in [3.63, 3.8) is 0 Å². The molecular formula is C26H34BNO5. The number of allylic oxidation sites excluding steroid dienone is 2.